The number of aryl methyl sites for hydroxylation is 1. The van der Waals surface area contributed by atoms with Crippen LogP contribution < -0.4 is 4.57 Å². The van der Waals surface area contributed by atoms with Crippen LogP contribution in [0.5, 0.6) is 0 Å². The number of allylic oxidation sites excluding steroid dienone is 1. The third-order valence-electron chi connectivity index (χ3n) is 2.58. The summed E-state index contributed by atoms with van der Waals surface area (Å²) in [5, 5.41) is 8.50. The lowest BCUT2D eigenvalue weighted by Crippen LogP contribution is -2.32. The van der Waals surface area contributed by atoms with E-state index in [1.54, 1.807) is 0 Å². The van der Waals surface area contributed by atoms with Crippen molar-refractivity contribution in [3.05, 3.63) is 36.2 Å². The Morgan fingerprint density at radius 2 is 2.00 bits per heavy atom. The normalized spacial score (nSPS) is 10.9. The fraction of sp³-hybridized carbons (Fsp3) is 0.429. The molecule has 0 unspecified atom stereocenters. The van der Waals surface area contributed by atoms with Gasteiger partial charge in [-0.1, -0.05) is 12.2 Å². The molecule has 0 aliphatic rings. The standard InChI is InChI=1S/C14H19NO2/c1-2-6-13-8-11-15(12-9-13)10-5-3-4-7-14(16)17/h2,6,8-9,11-12H,3-5,7,10H2,1H3/p+1/b6-2+. The molecule has 0 saturated carbocycles. The lowest BCUT2D eigenvalue weighted by molar-refractivity contribution is -0.697. The number of nitrogens with zero attached hydrogens (tertiary/aromatic N) is 1. The maximum absolute atomic E-state index is 10.3. The highest BCUT2D eigenvalue weighted by molar-refractivity contribution is 5.66. The Labute approximate surface area is 102 Å². The summed E-state index contributed by atoms with van der Waals surface area (Å²) in [7, 11) is 0. The van der Waals surface area contributed by atoms with Crippen LogP contribution in [-0.2, 0) is 11.3 Å². The lowest BCUT2D eigenvalue weighted by atomic mass is 10.2. The van der Waals surface area contributed by atoms with E-state index in [1.165, 1.54) is 5.56 Å². The van der Waals surface area contributed by atoms with Crippen LogP contribution in [0.25, 0.3) is 6.08 Å². The van der Waals surface area contributed by atoms with Gasteiger partial charge in [0.25, 0.3) is 0 Å². The molecule has 3 heteroatoms. The molecular weight excluding hydrogens is 214 g/mol. The average Bonchev–Trinajstić information content (AvgIpc) is 2.31. The maximum atomic E-state index is 10.3. The van der Waals surface area contributed by atoms with Crippen molar-refractivity contribution in [3.8, 4) is 0 Å². The Balaban J connectivity index is 2.25. The number of aromatic nitrogens is 1. The Morgan fingerprint density at radius 1 is 1.29 bits per heavy atom. The molecule has 0 spiro atoms. The molecule has 0 fully saturated rings. The molecule has 3 nitrogen and oxygen atoms in total. The number of rotatable bonds is 7. The first-order valence-electron chi connectivity index (χ1n) is 6.06. The molecule has 1 N–H and O–H groups in total. The number of carboxylic acids is 1. The van der Waals surface area contributed by atoms with Gasteiger partial charge in [-0.15, -0.1) is 0 Å². The number of carboxylic acid groups (broad SMARTS) is 1. The highest BCUT2D eigenvalue weighted by atomic mass is 16.4. The van der Waals surface area contributed by atoms with E-state index < -0.39 is 5.97 Å². The second-order valence-corrected chi connectivity index (χ2v) is 4.07. The molecule has 0 atom stereocenters. The van der Waals surface area contributed by atoms with E-state index in [1.807, 2.05) is 13.0 Å². The van der Waals surface area contributed by atoms with Crippen LogP contribution in [-0.4, -0.2) is 11.1 Å². The number of aliphatic carboxylic acids is 1. The first kappa shape index (κ1) is 13.4. The van der Waals surface area contributed by atoms with E-state index in [-0.39, 0.29) is 6.42 Å². The van der Waals surface area contributed by atoms with Crippen LogP contribution in [0.4, 0.5) is 0 Å². The molecule has 0 radical (unpaired) electrons. The van der Waals surface area contributed by atoms with E-state index in [4.69, 9.17) is 5.11 Å². The smallest absolute Gasteiger partial charge is 0.303 e. The summed E-state index contributed by atoms with van der Waals surface area (Å²) in [6.07, 6.45) is 11.3. The van der Waals surface area contributed by atoms with Crippen molar-refractivity contribution < 1.29 is 14.5 Å². The van der Waals surface area contributed by atoms with Gasteiger partial charge in [0.1, 0.15) is 6.54 Å². The van der Waals surface area contributed by atoms with Crippen molar-refractivity contribution in [2.24, 2.45) is 0 Å². The summed E-state index contributed by atoms with van der Waals surface area (Å²) in [4.78, 5) is 10.3. The Hall–Kier alpha value is -1.64. The quantitative estimate of drug-likeness (QED) is 0.582. The van der Waals surface area contributed by atoms with Gasteiger partial charge < -0.3 is 5.11 Å². The van der Waals surface area contributed by atoms with Crippen molar-refractivity contribution >= 4 is 12.0 Å². The van der Waals surface area contributed by atoms with Crippen molar-refractivity contribution in [3.63, 3.8) is 0 Å². The molecule has 1 aromatic rings. The Morgan fingerprint density at radius 3 is 2.59 bits per heavy atom. The van der Waals surface area contributed by atoms with Gasteiger partial charge >= 0.3 is 5.97 Å². The Kier molecular flexibility index (Phi) is 6.00. The van der Waals surface area contributed by atoms with Gasteiger partial charge in [-0.2, -0.15) is 0 Å². The molecule has 0 aliphatic heterocycles. The second-order valence-electron chi connectivity index (χ2n) is 4.07. The van der Waals surface area contributed by atoms with Crippen molar-refractivity contribution in [2.75, 3.05) is 0 Å². The van der Waals surface area contributed by atoms with Gasteiger partial charge in [-0.05, 0) is 25.3 Å². The number of carbonyl (C=O) groups is 1. The zero-order valence-electron chi connectivity index (χ0n) is 10.3. The van der Waals surface area contributed by atoms with E-state index in [0.29, 0.717) is 0 Å². The molecule has 1 aromatic heterocycles. The minimum Gasteiger partial charge on any atom is -0.481 e. The van der Waals surface area contributed by atoms with E-state index in [2.05, 4.69) is 35.2 Å². The molecular formula is C14H20NO2+. The first-order chi connectivity index (χ1) is 8.22. The van der Waals surface area contributed by atoms with Crippen LogP contribution in [0.1, 0.15) is 38.2 Å². The van der Waals surface area contributed by atoms with Crippen molar-refractivity contribution in [1.29, 1.82) is 0 Å². The Bertz CT molecular complexity index is 368. The number of unbranched alkanes of at least 4 members (excludes halogenated alkanes) is 2. The molecule has 1 heterocycles. The van der Waals surface area contributed by atoms with E-state index in [9.17, 15) is 4.79 Å². The zero-order chi connectivity index (χ0) is 12.5. The van der Waals surface area contributed by atoms with Gasteiger partial charge in [0.15, 0.2) is 12.4 Å². The van der Waals surface area contributed by atoms with Gasteiger partial charge in [-0.3, -0.25) is 4.79 Å². The zero-order valence-corrected chi connectivity index (χ0v) is 10.3. The van der Waals surface area contributed by atoms with Gasteiger partial charge in [0.2, 0.25) is 0 Å². The number of hydrogen-bond acceptors (Lipinski definition) is 1. The first-order valence-corrected chi connectivity index (χ1v) is 6.06. The van der Waals surface area contributed by atoms with Gasteiger partial charge in [0.05, 0.1) is 0 Å². The van der Waals surface area contributed by atoms with Gasteiger partial charge in [0, 0.05) is 25.0 Å². The SMILES string of the molecule is C/C=C/c1cc[n+](CCCCCC(=O)O)cc1. The van der Waals surface area contributed by atoms with Crippen LogP contribution in [0.15, 0.2) is 30.6 Å². The third kappa shape index (κ3) is 5.85. The summed E-state index contributed by atoms with van der Waals surface area (Å²) >= 11 is 0. The molecule has 17 heavy (non-hydrogen) atoms. The highest BCUT2D eigenvalue weighted by Gasteiger charge is 2.01. The molecule has 92 valence electrons. The van der Waals surface area contributed by atoms with Crippen LogP contribution in [0.3, 0.4) is 0 Å². The lowest BCUT2D eigenvalue weighted by Gasteiger charge is -1.98. The number of hydrogen-bond donors (Lipinski definition) is 1. The predicted molar refractivity (Wildman–Crippen MR) is 67.4 cm³/mol. The maximum Gasteiger partial charge on any atom is 0.303 e. The molecule has 1 rings (SSSR count). The second kappa shape index (κ2) is 7.60. The molecule has 0 bridgehead atoms. The molecule has 0 aliphatic carbocycles. The fourth-order valence-corrected chi connectivity index (χ4v) is 1.67. The summed E-state index contributed by atoms with van der Waals surface area (Å²) in [6.45, 7) is 2.96. The monoisotopic (exact) mass is 234 g/mol. The average molecular weight is 234 g/mol. The third-order valence-corrected chi connectivity index (χ3v) is 2.58. The minimum atomic E-state index is -0.701. The van der Waals surface area contributed by atoms with Crippen LogP contribution >= 0.6 is 0 Å². The molecule has 0 amide bonds. The van der Waals surface area contributed by atoms with Crippen LogP contribution in [0, 0.1) is 0 Å². The van der Waals surface area contributed by atoms with Crippen LogP contribution in [0.2, 0.25) is 0 Å². The molecule has 0 saturated heterocycles. The number of pyridine rings is 1. The van der Waals surface area contributed by atoms with Crippen molar-refractivity contribution in [2.45, 2.75) is 39.2 Å². The van der Waals surface area contributed by atoms with Crippen molar-refractivity contribution in [1.82, 2.24) is 0 Å². The summed E-state index contributed by atoms with van der Waals surface area (Å²) in [5.41, 5.74) is 1.20. The summed E-state index contributed by atoms with van der Waals surface area (Å²) in [5.74, 6) is -0.701. The molecule has 0 aromatic carbocycles. The predicted octanol–water partition coefficient (Wildman–Crippen LogP) is 2.65. The topological polar surface area (TPSA) is 41.2 Å². The van der Waals surface area contributed by atoms with E-state index >= 15 is 0 Å². The fourth-order valence-electron chi connectivity index (χ4n) is 1.67. The highest BCUT2D eigenvalue weighted by Crippen LogP contribution is 2.01. The van der Waals surface area contributed by atoms with E-state index in [0.717, 1.165) is 25.8 Å². The summed E-state index contributed by atoms with van der Waals surface area (Å²) in [6, 6.07) is 4.16. The van der Waals surface area contributed by atoms with Gasteiger partial charge in [-0.25, -0.2) is 4.57 Å². The summed E-state index contributed by atoms with van der Waals surface area (Å²) < 4.78 is 2.13. The minimum absolute atomic E-state index is 0.283. The largest absolute Gasteiger partial charge is 0.481 e.